The van der Waals surface area contributed by atoms with Crippen molar-refractivity contribution in [2.75, 3.05) is 13.1 Å². The van der Waals surface area contributed by atoms with Gasteiger partial charge in [-0.05, 0) is 32.4 Å². The molecule has 3 heteroatoms. The second-order valence-electron chi connectivity index (χ2n) is 5.33. The number of hydrogen-bond donors (Lipinski definition) is 1. The fourth-order valence-corrected chi connectivity index (χ4v) is 3.80. The Morgan fingerprint density at radius 1 is 1.20 bits per heavy atom. The average molecular weight is 209 g/mol. The largest absolute Gasteiger partial charge is 0.393 e. The van der Waals surface area contributed by atoms with Gasteiger partial charge in [0.1, 0.15) is 5.78 Å². The van der Waals surface area contributed by atoms with Crippen LogP contribution in [0, 0.1) is 11.8 Å². The molecule has 1 unspecified atom stereocenters. The summed E-state index contributed by atoms with van der Waals surface area (Å²) < 4.78 is 0. The molecule has 2 bridgehead atoms. The van der Waals surface area contributed by atoms with Gasteiger partial charge in [-0.1, -0.05) is 6.42 Å². The molecule has 3 fully saturated rings. The van der Waals surface area contributed by atoms with E-state index >= 15 is 0 Å². The Labute approximate surface area is 90.5 Å². The number of hydrogen-bond acceptors (Lipinski definition) is 3. The van der Waals surface area contributed by atoms with Crippen molar-refractivity contribution in [3.8, 4) is 0 Å². The van der Waals surface area contributed by atoms with Crippen LogP contribution in [0.3, 0.4) is 0 Å². The Morgan fingerprint density at radius 2 is 1.93 bits per heavy atom. The second-order valence-corrected chi connectivity index (χ2v) is 5.33. The topological polar surface area (TPSA) is 40.5 Å². The third kappa shape index (κ3) is 1.44. The van der Waals surface area contributed by atoms with E-state index in [0.717, 1.165) is 19.5 Å². The Balaban J connectivity index is 1.78. The van der Waals surface area contributed by atoms with Crippen molar-refractivity contribution in [3.05, 3.63) is 0 Å². The highest BCUT2D eigenvalue weighted by molar-refractivity contribution is 5.86. The molecule has 2 aliphatic carbocycles. The second kappa shape index (κ2) is 3.56. The number of ketones is 1. The van der Waals surface area contributed by atoms with E-state index < -0.39 is 0 Å². The molecule has 3 aliphatic rings. The lowest BCUT2D eigenvalue weighted by molar-refractivity contribution is -0.123. The van der Waals surface area contributed by atoms with Gasteiger partial charge in [-0.2, -0.15) is 0 Å². The summed E-state index contributed by atoms with van der Waals surface area (Å²) in [5, 5.41) is 9.86. The minimum Gasteiger partial charge on any atom is -0.393 e. The van der Waals surface area contributed by atoms with Gasteiger partial charge in [0.15, 0.2) is 0 Å². The van der Waals surface area contributed by atoms with Crippen molar-refractivity contribution in [1.82, 2.24) is 4.90 Å². The molecule has 0 amide bonds. The Hall–Kier alpha value is -0.410. The van der Waals surface area contributed by atoms with Gasteiger partial charge in [0, 0.05) is 24.3 Å². The summed E-state index contributed by atoms with van der Waals surface area (Å²) in [4.78, 5) is 14.2. The van der Waals surface area contributed by atoms with E-state index in [1.54, 1.807) is 0 Å². The van der Waals surface area contributed by atoms with E-state index in [1.165, 1.54) is 19.3 Å². The summed E-state index contributed by atoms with van der Waals surface area (Å²) in [6.45, 7) is 2.27. The Kier molecular flexibility index (Phi) is 2.33. The van der Waals surface area contributed by atoms with Crippen molar-refractivity contribution in [2.24, 2.45) is 11.8 Å². The van der Waals surface area contributed by atoms with Crippen LogP contribution in [0.2, 0.25) is 0 Å². The van der Waals surface area contributed by atoms with Gasteiger partial charge in [0.2, 0.25) is 0 Å². The van der Waals surface area contributed by atoms with E-state index in [1.807, 2.05) is 0 Å². The zero-order valence-electron chi connectivity index (χ0n) is 9.06. The lowest BCUT2D eigenvalue weighted by Gasteiger charge is -2.34. The van der Waals surface area contributed by atoms with Gasteiger partial charge in [0.25, 0.3) is 0 Å². The average Bonchev–Trinajstić information content (AvgIpc) is 2.73. The normalized spacial score (nSPS) is 46.3. The summed E-state index contributed by atoms with van der Waals surface area (Å²) >= 11 is 0. The molecular weight excluding hydrogens is 190 g/mol. The predicted octanol–water partition coefficient (Wildman–Crippen LogP) is 0.811. The first-order valence-corrected chi connectivity index (χ1v) is 6.22. The number of nitrogens with zero attached hydrogens (tertiary/aromatic N) is 1. The number of fused-ring (bicyclic) bond motifs is 2. The third-order valence-corrected chi connectivity index (χ3v) is 4.50. The molecular formula is C12H19NO2. The first-order valence-electron chi connectivity index (χ1n) is 6.22. The fraction of sp³-hybridized carbons (Fsp3) is 0.917. The van der Waals surface area contributed by atoms with Crippen molar-refractivity contribution in [1.29, 1.82) is 0 Å². The molecule has 1 aliphatic heterocycles. The molecule has 15 heavy (non-hydrogen) atoms. The first kappa shape index (κ1) is 9.79. The molecule has 0 aromatic carbocycles. The van der Waals surface area contributed by atoms with Crippen LogP contribution in [0.25, 0.3) is 0 Å². The van der Waals surface area contributed by atoms with Gasteiger partial charge < -0.3 is 5.11 Å². The number of carbonyl (C=O) groups is 1. The molecule has 84 valence electrons. The highest BCUT2D eigenvalue weighted by atomic mass is 16.3. The number of aliphatic hydroxyl groups is 1. The SMILES string of the molecule is O=C1C[C@H]2C(N3CCCCC3)[C@@H]1C[C@H]2O. The third-order valence-electron chi connectivity index (χ3n) is 4.50. The zero-order chi connectivity index (χ0) is 10.4. The number of piperidine rings is 1. The number of Topliss-reactive ketones (excluding diaryl/α,β-unsaturated/α-hetero) is 1. The summed E-state index contributed by atoms with van der Waals surface area (Å²) in [6, 6.07) is 0.382. The van der Waals surface area contributed by atoms with Crippen LogP contribution >= 0.6 is 0 Å². The molecule has 3 nitrogen and oxygen atoms in total. The van der Waals surface area contributed by atoms with Crippen LogP contribution in [0.1, 0.15) is 32.1 Å². The predicted molar refractivity (Wildman–Crippen MR) is 56.4 cm³/mol. The van der Waals surface area contributed by atoms with Gasteiger partial charge in [-0.15, -0.1) is 0 Å². The molecule has 1 N–H and O–H groups in total. The summed E-state index contributed by atoms with van der Waals surface area (Å²) in [6.07, 6.45) is 5.01. The quantitative estimate of drug-likeness (QED) is 0.695. The van der Waals surface area contributed by atoms with Gasteiger partial charge in [0.05, 0.1) is 6.10 Å². The number of likely N-dealkylation sites (tertiary alicyclic amines) is 1. The van der Waals surface area contributed by atoms with Gasteiger partial charge in [-0.3, -0.25) is 9.69 Å². The molecule has 1 saturated heterocycles. The zero-order valence-corrected chi connectivity index (χ0v) is 9.06. The molecule has 4 atom stereocenters. The highest BCUT2D eigenvalue weighted by Gasteiger charge is 2.54. The van der Waals surface area contributed by atoms with Gasteiger partial charge >= 0.3 is 0 Å². The van der Waals surface area contributed by atoms with Crippen LogP contribution in [0.5, 0.6) is 0 Å². The fourth-order valence-electron chi connectivity index (χ4n) is 3.80. The molecule has 3 rings (SSSR count). The molecule has 0 aromatic rings. The minimum atomic E-state index is -0.209. The molecule has 1 heterocycles. The summed E-state index contributed by atoms with van der Waals surface area (Å²) in [7, 11) is 0. The van der Waals surface area contributed by atoms with Crippen molar-refractivity contribution >= 4 is 5.78 Å². The molecule has 0 spiro atoms. The van der Waals surface area contributed by atoms with E-state index in [9.17, 15) is 9.90 Å². The number of rotatable bonds is 1. The van der Waals surface area contributed by atoms with E-state index in [2.05, 4.69) is 4.90 Å². The van der Waals surface area contributed by atoms with Crippen LogP contribution < -0.4 is 0 Å². The standard InChI is InChI=1S/C12H19NO2/c14-10-6-8-11(15)7-9(10)12(8)13-4-2-1-3-5-13/h8-10,12,14H,1-7H2/t8-,9-,10-,12?/m1/s1. The van der Waals surface area contributed by atoms with Crippen molar-refractivity contribution < 1.29 is 9.90 Å². The Bertz CT molecular complexity index is 273. The lowest BCUT2D eigenvalue weighted by Crippen LogP contribution is -2.43. The van der Waals surface area contributed by atoms with Crippen LogP contribution in [-0.2, 0) is 4.79 Å². The highest BCUT2D eigenvalue weighted by Crippen LogP contribution is 2.45. The molecule has 0 aromatic heterocycles. The van der Waals surface area contributed by atoms with Crippen LogP contribution in [-0.4, -0.2) is 41.0 Å². The van der Waals surface area contributed by atoms with Crippen LogP contribution in [0.15, 0.2) is 0 Å². The maximum Gasteiger partial charge on any atom is 0.138 e. The smallest absolute Gasteiger partial charge is 0.138 e. The first-order chi connectivity index (χ1) is 7.27. The number of aliphatic hydroxyl groups excluding tert-OH is 1. The van der Waals surface area contributed by atoms with E-state index in [0.29, 0.717) is 18.2 Å². The molecule has 0 radical (unpaired) electrons. The maximum absolute atomic E-state index is 11.7. The Morgan fingerprint density at radius 3 is 2.53 bits per heavy atom. The van der Waals surface area contributed by atoms with Crippen molar-refractivity contribution in [3.63, 3.8) is 0 Å². The molecule has 2 saturated carbocycles. The lowest BCUT2D eigenvalue weighted by atomic mass is 9.97. The summed E-state index contributed by atoms with van der Waals surface area (Å²) in [5.41, 5.74) is 0. The maximum atomic E-state index is 11.7. The van der Waals surface area contributed by atoms with E-state index in [4.69, 9.17) is 0 Å². The minimum absolute atomic E-state index is 0.156. The van der Waals surface area contributed by atoms with Crippen molar-refractivity contribution in [2.45, 2.75) is 44.2 Å². The van der Waals surface area contributed by atoms with E-state index in [-0.39, 0.29) is 17.9 Å². The van der Waals surface area contributed by atoms with Crippen LogP contribution in [0.4, 0.5) is 0 Å². The number of carbonyl (C=O) groups excluding carboxylic acids is 1. The monoisotopic (exact) mass is 209 g/mol. The summed E-state index contributed by atoms with van der Waals surface area (Å²) in [5.74, 6) is 0.810. The van der Waals surface area contributed by atoms with Gasteiger partial charge in [-0.25, -0.2) is 0 Å².